The lowest BCUT2D eigenvalue weighted by molar-refractivity contribution is -0.141. The molecule has 0 aliphatic carbocycles. The number of carboxylic acid groups (broad SMARTS) is 1. The van der Waals surface area contributed by atoms with Gasteiger partial charge >= 0.3 is 5.97 Å². The summed E-state index contributed by atoms with van der Waals surface area (Å²) in [5.41, 5.74) is 3.49. The lowest BCUT2D eigenvalue weighted by Crippen LogP contribution is -2.49. The Morgan fingerprint density at radius 1 is 0.902 bits per heavy atom. The Bertz CT molecular complexity index is 1750. The van der Waals surface area contributed by atoms with Gasteiger partial charge in [-0.25, -0.2) is 9.97 Å². The van der Waals surface area contributed by atoms with Crippen LogP contribution in [0.4, 0.5) is 0 Å². The van der Waals surface area contributed by atoms with Gasteiger partial charge in [-0.1, -0.05) is 96.2 Å². The molecule has 10 heteroatoms. The van der Waals surface area contributed by atoms with Crippen LogP contribution >= 0.6 is 11.3 Å². The fourth-order valence-corrected chi connectivity index (χ4v) is 7.11. The number of hydrogen-bond acceptors (Lipinski definition) is 7. The first-order valence-electron chi connectivity index (χ1n) is 18.1. The van der Waals surface area contributed by atoms with Crippen LogP contribution in [0.1, 0.15) is 92.8 Å². The van der Waals surface area contributed by atoms with E-state index < -0.39 is 17.9 Å². The minimum atomic E-state index is -0.911. The summed E-state index contributed by atoms with van der Waals surface area (Å²) in [6, 6.07) is 18.5. The van der Waals surface area contributed by atoms with Gasteiger partial charge in [0, 0.05) is 47.9 Å². The van der Waals surface area contributed by atoms with Gasteiger partial charge in [0.15, 0.2) is 5.82 Å². The first-order valence-corrected chi connectivity index (χ1v) is 18.9. The second-order valence-corrected chi connectivity index (χ2v) is 15.5. The number of benzene rings is 2. The predicted octanol–water partition coefficient (Wildman–Crippen LogP) is 8.18. The van der Waals surface area contributed by atoms with Crippen LogP contribution in [0.25, 0.3) is 22.5 Å². The molecule has 270 valence electrons. The van der Waals surface area contributed by atoms with Crippen molar-refractivity contribution in [2.45, 2.75) is 90.5 Å². The maximum Gasteiger partial charge on any atom is 0.308 e. The average molecular weight is 711 g/mol. The third-order valence-corrected chi connectivity index (χ3v) is 10.8. The van der Waals surface area contributed by atoms with Gasteiger partial charge in [-0.2, -0.15) is 0 Å². The number of ether oxygens (including phenoxy) is 1. The number of unbranched alkanes of at least 4 members (excludes halogenated alkanes) is 5. The van der Waals surface area contributed by atoms with Crippen molar-refractivity contribution in [1.29, 1.82) is 0 Å². The Kier molecular flexibility index (Phi) is 13.0. The van der Waals surface area contributed by atoms with Crippen LogP contribution in [0.15, 0.2) is 73.1 Å². The molecule has 2 aromatic heterocycles. The number of hydrogen-bond donors (Lipinski definition) is 2. The first kappa shape index (κ1) is 37.7. The van der Waals surface area contributed by atoms with E-state index in [4.69, 9.17) is 4.74 Å². The van der Waals surface area contributed by atoms with Crippen molar-refractivity contribution in [2.24, 2.45) is 5.92 Å². The number of amides is 2. The number of thiophene rings is 1. The summed E-state index contributed by atoms with van der Waals surface area (Å²) < 4.78 is 5.92. The monoisotopic (exact) mass is 710 g/mol. The number of carbonyl (C=O) groups is 3. The van der Waals surface area contributed by atoms with Crippen molar-refractivity contribution >= 4 is 29.1 Å². The van der Waals surface area contributed by atoms with Crippen LogP contribution in [0.5, 0.6) is 5.75 Å². The number of aliphatic carboxylic acids is 1. The van der Waals surface area contributed by atoms with Crippen molar-refractivity contribution in [1.82, 2.24) is 20.2 Å². The second-order valence-electron chi connectivity index (χ2n) is 14.4. The van der Waals surface area contributed by atoms with Crippen molar-refractivity contribution < 1.29 is 24.2 Å². The van der Waals surface area contributed by atoms with Crippen molar-refractivity contribution in [3.8, 4) is 28.3 Å². The number of nitrogens with zero attached hydrogens (tertiary/aromatic N) is 3. The average Bonchev–Trinajstić information content (AvgIpc) is 3.83. The maximum atomic E-state index is 13.7. The van der Waals surface area contributed by atoms with E-state index in [0.29, 0.717) is 23.7 Å². The van der Waals surface area contributed by atoms with Crippen LogP contribution in [0.2, 0.25) is 0 Å². The number of aromatic nitrogens is 2. The van der Waals surface area contributed by atoms with Crippen LogP contribution in [0.3, 0.4) is 0 Å². The molecule has 4 aromatic rings. The standard InChI is InChI=1S/C41H50N4O5S/c1-5-6-7-8-9-10-23-50-33-17-15-29(16-18-33)32-25-42-37(43-26-32)30-13-11-28(12-14-30)24-34(39(47)45-22-21-31(27-45)40(48)49)44-38(46)35-19-20-36(51-35)41(2,3)4/h11-20,25-26,31,34H,5-10,21-24,27H2,1-4H3,(H,44,46)(H,48,49)/t31-,34-/m0/s1. The lowest BCUT2D eigenvalue weighted by Gasteiger charge is -2.24. The van der Waals surface area contributed by atoms with Crippen molar-refractivity contribution in [3.63, 3.8) is 0 Å². The van der Waals surface area contributed by atoms with Gasteiger partial charge in [0.25, 0.3) is 5.91 Å². The van der Waals surface area contributed by atoms with E-state index >= 15 is 0 Å². The molecule has 0 radical (unpaired) electrons. The highest BCUT2D eigenvalue weighted by Gasteiger charge is 2.35. The molecule has 2 atom stereocenters. The van der Waals surface area contributed by atoms with Crippen LogP contribution < -0.4 is 10.1 Å². The molecule has 0 spiro atoms. The Balaban J connectivity index is 1.21. The first-order chi connectivity index (χ1) is 24.5. The highest BCUT2D eigenvalue weighted by molar-refractivity contribution is 7.14. The Morgan fingerprint density at radius 2 is 1.57 bits per heavy atom. The van der Waals surface area contributed by atoms with E-state index in [-0.39, 0.29) is 30.2 Å². The SMILES string of the molecule is CCCCCCCCOc1ccc(-c2cnc(-c3ccc(C[C@H](NC(=O)c4ccc(C(C)(C)C)s4)C(=O)N4CC[C@H](C(=O)O)C4)cc3)nc2)cc1. The van der Waals surface area contributed by atoms with Crippen LogP contribution in [-0.4, -0.2) is 63.5 Å². The van der Waals surface area contributed by atoms with Gasteiger partial charge in [-0.3, -0.25) is 14.4 Å². The smallest absolute Gasteiger partial charge is 0.308 e. The summed E-state index contributed by atoms with van der Waals surface area (Å²) in [7, 11) is 0. The number of nitrogens with one attached hydrogen (secondary N) is 1. The fourth-order valence-electron chi connectivity index (χ4n) is 6.14. The van der Waals surface area contributed by atoms with E-state index in [2.05, 4.69) is 43.0 Å². The number of likely N-dealkylation sites (tertiary alicyclic amines) is 1. The van der Waals surface area contributed by atoms with E-state index in [1.807, 2.05) is 67.0 Å². The van der Waals surface area contributed by atoms with Gasteiger partial charge in [-0.05, 0) is 53.6 Å². The molecule has 5 rings (SSSR count). The summed E-state index contributed by atoms with van der Waals surface area (Å²) in [5, 5.41) is 12.4. The minimum Gasteiger partial charge on any atom is -0.494 e. The van der Waals surface area contributed by atoms with Crippen LogP contribution in [-0.2, 0) is 21.4 Å². The molecule has 0 bridgehead atoms. The molecular weight excluding hydrogens is 661 g/mol. The fraction of sp³-hybridized carbons (Fsp3) is 0.439. The van der Waals surface area contributed by atoms with Gasteiger partial charge in [-0.15, -0.1) is 11.3 Å². The molecular formula is C41H50N4O5S. The Morgan fingerprint density at radius 3 is 2.20 bits per heavy atom. The quantitative estimate of drug-likeness (QED) is 0.113. The third kappa shape index (κ3) is 10.5. The lowest BCUT2D eigenvalue weighted by atomic mass is 9.95. The topological polar surface area (TPSA) is 122 Å². The molecule has 1 aliphatic heterocycles. The second kappa shape index (κ2) is 17.6. The summed E-state index contributed by atoms with van der Waals surface area (Å²) in [6.45, 7) is 9.72. The van der Waals surface area contributed by atoms with E-state index in [9.17, 15) is 19.5 Å². The molecule has 9 nitrogen and oxygen atoms in total. The highest BCUT2D eigenvalue weighted by atomic mass is 32.1. The zero-order chi connectivity index (χ0) is 36.4. The summed E-state index contributed by atoms with van der Waals surface area (Å²) >= 11 is 1.42. The molecule has 1 aliphatic rings. The minimum absolute atomic E-state index is 0.0982. The summed E-state index contributed by atoms with van der Waals surface area (Å²) in [5.74, 6) is -0.667. The van der Waals surface area contributed by atoms with Crippen molar-refractivity contribution in [2.75, 3.05) is 19.7 Å². The number of rotatable bonds is 16. The molecule has 1 saturated heterocycles. The van der Waals surface area contributed by atoms with E-state index in [0.717, 1.165) is 45.9 Å². The van der Waals surface area contributed by atoms with Gasteiger partial charge in [0.2, 0.25) is 5.91 Å². The van der Waals surface area contributed by atoms with Gasteiger partial charge < -0.3 is 20.1 Å². The Labute approximate surface area is 305 Å². The molecule has 2 aromatic carbocycles. The molecule has 2 N–H and O–H groups in total. The molecule has 51 heavy (non-hydrogen) atoms. The predicted molar refractivity (Wildman–Crippen MR) is 202 cm³/mol. The van der Waals surface area contributed by atoms with Crippen LogP contribution in [0, 0.1) is 5.92 Å². The Hall–Kier alpha value is -4.57. The van der Waals surface area contributed by atoms with E-state index in [1.54, 1.807) is 11.0 Å². The molecule has 1 fully saturated rings. The normalized spacial score (nSPS) is 15.1. The van der Waals surface area contributed by atoms with Crippen molar-refractivity contribution in [3.05, 3.63) is 88.4 Å². The molecule has 0 unspecified atom stereocenters. The largest absolute Gasteiger partial charge is 0.494 e. The summed E-state index contributed by atoms with van der Waals surface area (Å²) in [6.07, 6.45) is 11.7. The van der Waals surface area contributed by atoms with E-state index in [1.165, 1.54) is 43.4 Å². The molecule has 2 amide bonds. The molecule has 0 saturated carbocycles. The van der Waals surface area contributed by atoms with Gasteiger partial charge in [0.05, 0.1) is 17.4 Å². The third-order valence-electron chi connectivity index (χ3n) is 9.28. The van der Waals surface area contributed by atoms with Gasteiger partial charge in [0.1, 0.15) is 11.8 Å². The number of carbonyl (C=O) groups excluding carboxylic acids is 2. The number of carboxylic acids is 1. The summed E-state index contributed by atoms with van der Waals surface area (Å²) in [4.78, 5) is 51.0. The highest BCUT2D eigenvalue weighted by Crippen LogP contribution is 2.30. The molecule has 3 heterocycles. The maximum absolute atomic E-state index is 13.7. The zero-order valence-corrected chi connectivity index (χ0v) is 31.0. The zero-order valence-electron chi connectivity index (χ0n) is 30.2.